The summed E-state index contributed by atoms with van der Waals surface area (Å²) < 4.78 is 0. The summed E-state index contributed by atoms with van der Waals surface area (Å²) in [6, 6.07) is 7.65. The van der Waals surface area contributed by atoms with E-state index in [0.29, 0.717) is 11.6 Å². The molecule has 0 aromatic heterocycles. The first-order chi connectivity index (χ1) is 9.16. The lowest BCUT2D eigenvalue weighted by atomic mass is 10.1. The predicted octanol–water partition coefficient (Wildman–Crippen LogP) is 2.83. The van der Waals surface area contributed by atoms with Crippen LogP contribution >= 0.6 is 11.6 Å². The molecule has 0 bridgehead atoms. The topological polar surface area (TPSA) is 32.3 Å². The van der Waals surface area contributed by atoms with E-state index >= 15 is 0 Å². The predicted molar refractivity (Wildman–Crippen MR) is 78.2 cm³/mol. The van der Waals surface area contributed by atoms with Crippen molar-refractivity contribution in [2.45, 2.75) is 38.3 Å². The second kappa shape index (κ2) is 6.92. The Hall–Kier alpha value is -1.06. The maximum absolute atomic E-state index is 12.4. The van der Waals surface area contributed by atoms with Crippen molar-refractivity contribution in [1.29, 1.82) is 0 Å². The van der Waals surface area contributed by atoms with Gasteiger partial charge in [-0.3, -0.25) is 4.79 Å². The molecule has 19 heavy (non-hydrogen) atoms. The van der Waals surface area contributed by atoms with Crippen LogP contribution in [0, 0.1) is 0 Å². The second-order valence-corrected chi connectivity index (χ2v) is 5.62. The number of nitrogens with one attached hydrogen (secondary N) is 1. The summed E-state index contributed by atoms with van der Waals surface area (Å²) >= 11 is 5.96. The van der Waals surface area contributed by atoms with Gasteiger partial charge in [-0.1, -0.05) is 36.6 Å². The van der Waals surface area contributed by atoms with Gasteiger partial charge in [0.1, 0.15) is 0 Å². The molecule has 1 aliphatic heterocycles. The third kappa shape index (κ3) is 4.22. The molecule has 0 aliphatic carbocycles. The van der Waals surface area contributed by atoms with Crippen molar-refractivity contribution < 1.29 is 4.79 Å². The number of benzene rings is 1. The summed E-state index contributed by atoms with van der Waals surface area (Å²) in [6.45, 7) is 1.55. The minimum atomic E-state index is -0.0216. The molecule has 0 radical (unpaired) electrons. The first-order valence-corrected chi connectivity index (χ1v) is 7.27. The zero-order valence-corrected chi connectivity index (χ0v) is 12.1. The zero-order chi connectivity index (χ0) is 13.7. The number of nitrogens with zero attached hydrogens (tertiary/aromatic N) is 1. The monoisotopic (exact) mass is 280 g/mol. The lowest BCUT2D eigenvalue weighted by Gasteiger charge is -2.23. The fourth-order valence-corrected chi connectivity index (χ4v) is 2.71. The average molecular weight is 281 g/mol. The van der Waals surface area contributed by atoms with Gasteiger partial charge in [-0.15, -0.1) is 0 Å². The molecule has 3 nitrogen and oxygen atoms in total. The molecule has 1 heterocycles. The Kier molecular flexibility index (Phi) is 5.23. The third-order valence-corrected chi connectivity index (χ3v) is 3.78. The summed E-state index contributed by atoms with van der Waals surface area (Å²) in [5.41, 5.74) is 1.07. The van der Waals surface area contributed by atoms with Crippen LogP contribution in [0.2, 0.25) is 5.02 Å². The van der Waals surface area contributed by atoms with E-state index in [0.717, 1.165) is 24.9 Å². The largest absolute Gasteiger partial charge is 0.340 e. The van der Waals surface area contributed by atoms with Gasteiger partial charge in [-0.25, -0.2) is 0 Å². The Labute approximate surface area is 119 Å². The number of hydrogen-bond donors (Lipinski definition) is 1. The molecule has 1 N–H and O–H groups in total. The van der Waals surface area contributed by atoms with E-state index in [4.69, 9.17) is 11.6 Å². The van der Waals surface area contributed by atoms with Crippen molar-refractivity contribution in [3.05, 3.63) is 34.9 Å². The lowest BCUT2D eigenvalue weighted by molar-refractivity contribution is -0.132. The fourth-order valence-electron chi connectivity index (χ4n) is 2.49. The van der Waals surface area contributed by atoms with Gasteiger partial charge in [0.25, 0.3) is 0 Å². The SMILES string of the molecule is CN(Cc1cccc(Cl)c1)C(=O)C1CCCCCN1. The van der Waals surface area contributed by atoms with Gasteiger partial charge in [0.2, 0.25) is 5.91 Å². The zero-order valence-electron chi connectivity index (χ0n) is 11.4. The van der Waals surface area contributed by atoms with Crippen molar-refractivity contribution in [2.75, 3.05) is 13.6 Å². The Morgan fingerprint density at radius 2 is 2.26 bits per heavy atom. The number of likely N-dealkylation sites (N-methyl/N-ethyl adjacent to an activating group) is 1. The van der Waals surface area contributed by atoms with Gasteiger partial charge < -0.3 is 10.2 Å². The minimum absolute atomic E-state index is 0.0216. The van der Waals surface area contributed by atoms with Crippen LogP contribution < -0.4 is 5.32 Å². The molecule has 1 unspecified atom stereocenters. The van der Waals surface area contributed by atoms with Gasteiger partial charge >= 0.3 is 0 Å². The first kappa shape index (κ1) is 14.4. The van der Waals surface area contributed by atoms with Crippen LogP contribution in [0.1, 0.15) is 31.2 Å². The van der Waals surface area contributed by atoms with Crippen LogP contribution in [-0.4, -0.2) is 30.4 Å². The number of amides is 1. The number of carbonyl (C=O) groups is 1. The van der Waals surface area contributed by atoms with Crippen LogP contribution in [0.5, 0.6) is 0 Å². The summed E-state index contributed by atoms with van der Waals surface area (Å²) in [5, 5.41) is 4.06. The van der Waals surface area contributed by atoms with Crippen molar-refractivity contribution in [1.82, 2.24) is 10.2 Å². The molecule has 0 saturated carbocycles. The van der Waals surface area contributed by atoms with Crippen molar-refractivity contribution in [3.8, 4) is 0 Å². The Morgan fingerprint density at radius 3 is 3.05 bits per heavy atom. The number of carbonyl (C=O) groups excluding carboxylic acids is 1. The Balaban J connectivity index is 1.94. The molecule has 1 fully saturated rings. The highest BCUT2D eigenvalue weighted by atomic mass is 35.5. The smallest absolute Gasteiger partial charge is 0.239 e. The molecule has 2 rings (SSSR count). The molecule has 1 aliphatic rings. The second-order valence-electron chi connectivity index (χ2n) is 5.18. The van der Waals surface area contributed by atoms with Gasteiger partial charge in [0.15, 0.2) is 0 Å². The third-order valence-electron chi connectivity index (χ3n) is 3.54. The summed E-state index contributed by atoms with van der Waals surface area (Å²) in [5.74, 6) is 0.182. The molecular weight excluding hydrogens is 260 g/mol. The normalized spacial score (nSPS) is 19.8. The summed E-state index contributed by atoms with van der Waals surface area (Å²) in [4.78, 5) is 14.2. The standard InChI is InChI=1S/C15H21ClN2O/c1-18(11-12-6-5-7-13(16)10-12)15(19)14-8-3-2-4-9-17-14/h5-7,10,14,17H,2-4,8-9,11H2,1H3. The molecule has 1 amide bonds. The maximum Gasteiger partial charge on any atom is 0.239 e. The van der Waals surface area contributed by atoms with Gasteiger partial charge in [-0.2, -0.15) is 0 Å². The number of halogens is 1. The molecule has 104 valence electrons. The Morgan fingerprint density at radius 1 is 1.42 bits per heavy atom. The van der Waals surface area contributed by atoms with Crippen LogP contribution in [0.25, 0.3) is 0 Å². The molecule has 0 spiro atoms. The van der Waals surface area contributed by atoms with Crippen LogP contribution in [-0.2, 0) is 11.3 Å². The van der Waals surface area contributed by atoms with E-state index in [1.165, 1.54) is 12.8 Å². The van der Waals surface area contributed by atoms with E-state index in [1.807, 2.05) is 31.3 Å². The van der Waals surface area contributed by atoms with E-state index in [-0.39, 0.29) is 11.9 Å². The highest BCUT2D eigenvalue weighted by molar-refractivity contribution is 6.30. The quantitative estimate of drug-likeness (QED) is 0.923. The molecule has 1 aromatic rings. The van der Waals surface area contributed by atoms with Crippen molar-refractivity contribution in [2.24, 2.45) is 0 Å². The highest BCUT2D eigenvalue weighted by Crippen LogP contribution is 2.14. The number of hydrogen-bond acceptors (Lipinski definition) is 2. The van der Waals surface area contributed by atoms with Crippen LogP contribution in [0.15, 0.2) is 24.3 Å². The van der Waals surface area contributed by atoms with Gasteiger partial charge in [0.05, 0.1) is 6.04 Å². The summed E-state index contributed by atoms with van der Waals surface area (Å²) in [6.07, 6.45) is 4.46. The number of rotatable bonds is 3. The lowest BCUT2D eigenvalue weighted by Crippen LogP contribution is -2.44. The van der Waals surface area contributed by atoms with Gasteiger partial charge in [0, 0.05) is 18.6 Å². The summed E-state index contributed by atoms with van der Waals surface area (Å²) in [7, 11) is 1.86. The van der Waals surface area contributed by atoms with E-state index < -0.39 is 0 Å². The van der Waals surface area contributed by atoms with E-state index in [1.54, 1.807) is 4.90 Å². The molecule has 1 atom stereocenters. The van der Waals surface area contributed by atoms with Crippen LogP contribution in [0.3, 0.4) is 0 Å². The van der Waals surface area contributed by atoms with Crippen LogP contribution in [0.4, 0.5) is 0 Å². The first-order valence-electron chi connectivity index (χ1n) is 6.89. The maximum atomic E-state index is 12.4. The van der Waals surface area contributed by atoms with E-state index in [9.17, 15) is 4.79 Å². The highest BCUT2D eigenvalue weighted by Gasteiger charge is 2.22. The van der Waals surface area contributed by atoms with Gasteiger partial charge in [-0.05, 0) is 37.1 Å². The fraction of sp³-hybridized carbons (Fsp3) is 0.533. The molecule has 4 heteroatoms. The van der Waals surface area contributed by atoms with E-state index in [2.05, 4.69) is 5.32 Å². The molecular formula is C15H21ClN2O. The molecule has 1 aromatic carbocycles. The minimum Gasteiger partial charge on any atom is -0.340 e. The van der Waals surface area contributed by atoms with Crippen molar-refractivity contribution >= 4 is 17.5 Å². The average Bonchev–Trinajstić information content (AvgIpc) is 2.66. The van der Waals surface area contributed by atoms with Crippen molar-refractivity contribution in [3.63, 3.8) is 0 Å². The Bertz CT molecular complexity index is 428. The molecule has 1 saturated heterocycles.